The van der Waals surface area contributed by atoms with E-state index in [4.69, 9.17) is 43.0 Å². The molecule has 3 rings (SSSR count). The minimum Gasteiger partial charge on any atom is -0.481 e. The summed E-state index contributed by atoms with van der Waals surface area (Å²) in [5.74, 6) is -4.08. The summed E-state index contributed by atoms with van der Waals surface area (Å²) in [6, 6.07) is 6.85. The molecule has 27 nitrogen and oxygen atoms in total. The summed E-state index contributed by atoms with van der Waals surface area (Å²) in [6.45, 7) is 8.50. The summed E-state index contributed by atoms with van der Waals surface area (Å²) in [5.41, 5.74) is 1.49. The molecule has 0 amide bonds. The number of anilines is 3. The standard InChI is InChI=1S/C46H75N9O18/c1-36-48-45(47-7-15-67-17-19-69-21-23-71-25-27-73-29-28-72-26-24-70-22-20-68-18-16-66-14-6-40(56)57)51-46(49-36)50-38-4-2-37(3-5-38)30-39-31-54(34-43(62)63)11-10-52(32-41(58)59)8-9-53(33-42(60)61)12-13-55(39)35-44(64)65/h2-5,39H,6-35H2,1H3,(H,56,57)(H,58,59)(H,60,61)(H,62,63)(H,64,65)(H2,47,48,49,50,51). The quantitative estimate of drug-likeness (QED) is 0.0410. The summed E-state index contributed by atoms with van der Waals surface area (Å²) in [7, 11) is 0. The van der Waals surface area contributed by atoms with E-state index in [0.29, 0.717) is 135 Å². The van der Waals surface area contributed by atoms with Crippen molar-refractivity contribution >= 4 is 47.4 Å². The molecule has 412 valence electrons. The summed E-state index contributed by atoms with van der Waals surface area (Å²) < 4.78 is 43.6. The number of aromatic nitrogens is 3. The number of benzene rings is 1. The van der Waals surface area contributed by atoms with Gasteiger partial charge in [-0.15, -0.1) is 0 Å². The molecule has 1 saturated heterocycles. The Bertz CT molecular complexity index is 1870. The number of nitrogens with zero attached hydrogens (tertiary/aromatic N) is 7. The van der Waals surface area contributed by atoms with Crippen molar-refractivity contribution in [1.29, 1.82) is 0 Å². The summed E-state index contributed by atoms with van der Waals surface area (Å²) in [4.78, 5) is 77.7. The van der Waals surface area contributed by atoms with Crippen LogP contribution in [0.2, 0.25) is 0 Å². The van der Waals surface area contributed by atoms with Crippen molar-refractivity contribution < 1.29 is 87.4 Å². The number of rotatable bonds is 40. The maximum atomic E-state index is 12.1. The molecule has 0 bridgehead atoms. The summed E-state index contributed by atoms with van der Waals surface area (Å²) in [6.07, 6.45) is 0.303. The molecule has 0 aliphatic carbocycles. The van der Waals surface area contributed by atoms with Crippen LogP contribution >= 0.6 is 0 Å². The lowest BCUT2D eigenvalue weighted by molar-refractivity contribution is -0.142. The molecule has 1 atom stereocenters. The Labute approximate surface area is 424 Å². The molecular formula is C46H75N9O18. The van der Waals surface area contributed by atoms with E-state index in [2.05, 4.69) is 25.6 Å². The van der Waals surface area contributed by atoms with E-state index in [0.717, 1.165) is 5.56 Å². The highest BCUT2D eigenvalue weighted by molar-refractivity contribution is 5.70. The molecule has 2 aromatic rings. The van der Waals surface area contributed by atoms with Gasteiger partial charge in [0.2, 0.25) is 11.9 Å². The molecule has 1 unspecified atom stereocenters. The Balaban J connectivity index is 1.33. The van der Waals surface area contributed by atoms with Crippen LogP contribution in [0.25, 0.3) is 0 Å². The van der Waals surface area contributed by atoms with Crippen molar-refractivity contribution in [3.8, 4) is 0 Å². The van der Waals surface area contributed by atoms with Gasteiger partial charge in [0.15, 0.2) is 0 Å². The predicted molar refractivity (Wildman–Crippen MR) is 261 cm³/mol. The van der Waals surface area contributed by atoms with Crippen molar-refractivity contribution in [1.82, 2.24) is 34.6 Å². The van der Waals surface area contributed by atoms with E-state index in [9.17, 15) is 44.4 Å². The topological polar surface area (TPSA) is 336 Å². The van der Waals surface area contributed by atoms with Crippen molar-refractivity contribution in [2.45, 2.75) is 25.8 Å². The first-order valence-corrected chi connectivity index (χ1v) is 24.2. The molecule has 1 fully saturated rings. The number of carbonyl (C=O) groups is 5. The number of hydrogen-bond donors (Lipinski definition) is 7. The average molecular weight is 1040 g/mol. The molecule has 73 heavy (non-hydrogen) atoms. The number of carboxylic acid groups (broad SMARTS) is 5. The lowest BCUT2D eigenvalue weighted by Crippen LogP contribution is -2.53. The lowest BCUT2D eigenvalue weighted by atomic mass is 10.0. The van der Waals surface area contributed by atoms with Crippen LogP contribution in [0.4, 0.5) is 17.6 Å². The van der Waals surface area contributed by atoms with Crippen molar-refractivity contribution in [2.24, 2.45) is 0 Å². The monoisotopic (exact) mass is 1040 g/mol. The van der Waals surface area contributed by atoms with Gasteiger partial charge in [-0.05, 0) is 31.0 Å². The van der Waals surface area contributed by atoms with E-state index < -0.39 is 35.9 Å². The fraction of sp³-hybridized carbons (Fsp3) is 0.696. The number of aryl methyl sites for hydroxylation is 1. The van der Waals surface area contributed by atoms with Gasteiger partial charge in [-0.25, -0.2) is 0 Å². The zero-order valence-corrected chi connectivity index (χ0v) is 41.8. The van der Waals surface area contributed by atoms with E-state index in [1.807, 2.05) is 24.3 Å². The first-order chi connectivity index (χ1) is 35.2. The van der Waals surface area contributed by atoms with Gasteiger partial charge in [0, 0.05) is 64.1 Å². The Hall–Kier alpha value is -5.30. The zero-order valence-electron chi connectivity index (χ0n) is 41.8. The van der Waals surface area contributed by atoms with Crippen molar-refractivity contribution in [3.05, 3.63) is 35.7 Å². The van der Waals surface area contributed by atoms with Crippen LogP contribution in [0.5, 0.6) is 0 Å². The minimum atomic E-state index is -1.09. The third-order valence-corrected chi connectivity index (χ3v) is 10.6. The molecule has 0 saturated carbocycles. The second-order valence-corrected chi connectivity index (χ2v) is 16.5. The Morgan fingerprint density at radius 2 is 0.890 bits per heavy atom. The molecule has 0 radical (unpaired) electrons. The van der Waals surface area contributed by atoms with Gasteiger partial charge in [-0.2, -0.15) is 15.0 Å². The zero-order chi connectivity index (χ0) is 52.9. The van der Waals surface area contributed by atoms with Crippen LogP contribution in [0, 0.1) is 6.92 Å². The predicted octanol–water partition coefficient (Wildman–Crippen LogP) is -0.586. The van der Waals surface area contributed by atoms with Crippen LogP contribution in [0.3, 0.4) is 0 Å². The van der Waals surface area contributed by atoms with Gasteiger partial charge in [0.1, 0.15) is 5.82 Å². The van der Waals surface area contributed by atoms with Gasteiger partial charge in [0.05, 0.1) is 138 Å². The van der Waals surface area contributed by atoms with Gasteiger partial charge in [0.25, 0.3) is 0 Å². The molecule has 27 heteroatoms. The van der Waals surface area contributed by atoms with Crippen LogP contribution < -0.4 is 10.6 Å². The Morgan fingerprint density at radius 1 is 0.493 bits per heavy atom. The summed E-state index contributed by atoms with van der Waals surface area (Å²) in [5, 5.41) is 53.6. The van der Waals surface area contributed by atoms with Crippen LogP contribution in [-0.4, -0.2) is 280 Å². The first kappa shape index (κ1) is 62.0. The Kier molecular flexibility index (Phi) is 32.5. The number of nitrogens with one attached hydrogen (secondary N) is 2. The molecular weight excluding hydrogens is 967 g/mol. The number of hydrogen-bond acceptors (Lipinski definition) is 22. The van der Waals surface area contributed by atoms with Crippen molar-refractivity contribution in [3.63, 3.8) is 0 Å². The number of aliphatic carboxylic acids is 5. The molecule has 1 aromatic carbocycles. The van der Waals surface area contributed by atoms with E-state index in [1.165, 1.54) is 0 Å². The SMILES string of the molecule is Cc1nc(NCCOCCOCCOCCOCCOCCOCCOCCOCCC(=O)O)nc(Nc2ccc(CC3CN(CC(=O)O)CCN(CC(=O)O)CCN(CC(=O)O)CCN3CC(=O)O)cc2)n1. The highest BCUT2D eigenvalue weighted by atomic mass is 16.6. The fourth-order valence-corrected chi connectivity index (χ4v) is 7.13. The number of ether oxygens (including phenoxy) is 8. The highest BCUT2D eigenvalue weighted by Gasteiger charge is 2.27. The van der Waals surface area contributed by atoms with Gasteiger partial charge in [-0.1, -0.05) is 12.1 Å². The third kappa shape index (κ3) is 31.8. The van der Waals surface area contributed by atoms with Gasteiger partial charge >= 0.3 is 29.8 Å². The normalized spacial score (nSPS) is 15.6. The van der Waals surface area contributed by atoms with Crippen LogP contribution in [0.15, 0.2) is 24.3 Å². The van der Waals surface area contributed by atoms with E-state index in [1.54, 1.807) is 26.5 Å². The minimum absolute atomic E-state index is 0.0262. The van der Waals surface area contributed by atoms with E-state index in [-0.39, 0.29) is 85.0 Å². The first-order valence-electron chi connectivity index (χ1n) is 24.2. The second-order valence-electron chi connectivity index (χ2n) is 16.5. The maximum absolute atomic E-state index is 12.1. The smallest absolute Gasteiger partial charge is 0.317 e. The van der Waals surface area contributed by atoms with E-state index >= 15 is 0 Å². The molecule has 0 spiro atoms. The molecule has 1 aromatic heterocycles. The van der Waals surface area contributed by atoms with Gasteiger partial charge < -0.3 is 74.1 Å². The lowest BCUT2D eigenvalue weighted by Gasteiger charge is -2.37. The maximum Gasteiger partial charge on any atom is 0.317 e. The molecule has 2 heterocycles. The third-order valence-electron chi connectivity index (χ3n) is 10.6. The molecule has 1 aliphatic rings. The second kappa shape index (κ2) is 38.3. The molecule has 1 aliphatic heterocycles. The number of carboxylic acids is 5. The highest BCUT2D eigenvalue weighted by Crippen LogP contribution is 2.19. The van der Waals surface area contributed by atoms with Crippen LogP contribution in [-0.2, 0) is 68.3 Å². The van der Waals surface area contributed by atoms with Crippen LogP contribution in [0.1, 0.15) is 17.8 Å². The van der Waals surface area contributed by atoms with Gasteiger partial charge in [-0.3, -0.25) is 43.6 Å². The Morgan fingerprint density at radius 3 is 1.34 bits per heavy atom. The summed E-state index contributed by atoms with van der Waals surface area (Å²) >= 11 is 0. The average Bonchev–Trinajstić information content (AvgIpc) is 3.32. The fourth-order valence-electron chi connectivity index (χ4n) is 7.13. The largest absolute Gasteiger partial charge is 0.481 e. The molecule has 7 N–H and O–H groups in total. The van der Waals surface area contributed by atoms with Crippen molar-refractivity contribution in [2.75, 3.05) is 195 Å².